The summed E-state index contributed by atoms with van der Waals surface area (Å²) >= 11 is 0. The number of nitrogens with one attached hydrogen (secondary N) is 2. The normalized spacial score (nSPS) is 11.2. The van der Waals surface area contributed by atoms with Crippen molar-refractivity contribution in [1.29, 1.82) is 0 Å². The molecule has 0 unspecified atom stereocenters. The minimum atomic E-state index is -0.254. The number of anilines is 1. The highest BCUT2D eigenvalue weighted by Gasteiger charge is 2.10. The van der Waals surface area contributed by atoms with Gasteiger partial charge in [-0.3, -0.25) is 4.79 Å². The van der Waals surface area contributed by atoms with Crippen molar-refractivity contribution in [3.05, 3.63) is 34.6 Å². The second-order valence-electron chi connectivity index (χ2n) is 3.36. The van der Waals surface area contributed by atoms with E-state index in [4.69, 9.17) is 5.73 Å². The molecule has 0 radical (unpaired) electrons. The molecule has 0 atom stereocenters. The summed E-state index contributed by atoms with van der Waals surface area (Å²) in [6.45, 7) is 0. The van der Waals surface area contributed by atoms with Gasteiger partial charge in [0.25, 0.3) is 5.56 Å². The SMILES string of the molecule is Nc1n[nH]c(=O)c2[nH]c3ccccc3c12. The van der Waals surface area contributed by atoms with Gasteiger partial charge in [0, 0.05) is 10.9 Å². The first-order chi connectivity index (χ1) is 7.27. The van der Waals surface area contributed by atoms with E-state index in [1.54, 1.807) is 0 Å². The van der Waals surface area contributed by atoms with Crippen LogP contribution in [0.1, 0.15) is 0 Å². The number of nitrogens with two attached hydrogens (primary N) is 1. The molecule has 1 aromatic carbocycles. The van der Waals surface area contributed by atoms with Crippen LogP contribution in [0.2, 0.25) is 0 Å². The minimum absolute atomic E-state index is 0.254. The van der Waals surface area contributed by atoms with Gasteiger partial charge in [0.05, 0.1) is 5.39 Å². The summed E-state index contributed by atoms with van der Waals surface area (Å²) in [7, 11) is 0. The highest BCUT2D eigenvalue weighted by Crippen LogP contribution is 2.25. The van der Waals surface area contributed by atoms with E-state index in [-0.39, 0.29) is 5.56 Å². The van der Waals surface area contributed by atoms with Crippen LogP contribution in [0.5, 0.6) is 0 Å². The number of aromatic nitrogens is 3. The summed E-state index contributed by atoms with van der Waals surface area (Å²) in [5.74, 6) is 0.335. The summed E-state index contributed by atoms with van der Waals surface area (Å²) in [5.41, 5.74) is 6.84. The van der Waals surface area contributed by atoms with E-state index in [0.29, 0.717) is 16.7 Å². The maximum atomic E-state index is 11.5. The maximum Gasteiger partial charge on any atom is 0.288 e. The summed E-state index contributed by atoms with van der Waals surface area (Å²) < 4.78 is 0. The van der Waals surface area contributed by atoms with Gasteiger partial charge < -0.3 is 10.7 Å². The lowest BCUT2D eigenvalue weighted by molar-refractivity contribution is 1.02. The van der Waals surface area contributed by atoms with Crippen LogP contribution >= 0.6 is 0 Å². The van der Waals surface area contributed by atoms with Crippen LogP contribution in [0.15, 0.2) is 29.1 Å². The molecule has 0 spiro atoms. The average molecular weight is 200 g/mol. The van der Waals surface area contributed by atoms with Crippen molar-refractivity contribution >= 4 is 27.6 Å². The van der Waals surface area contributed by atoms with Gasteiger partial charge in [-0.1, -0.05) is 18.2 Å². The summed E-state index contributed by atoms with van der Waals surface area (Å²) in [4.78, 5) is 14.5. The first-order valence-corrected chi connectivity index (χ1v) is 4.52. The zero-order valence-corrected chi connectivity index (χ0v) is 7.74. The minimum Gasteiger partial charge on any atom is -0.382 e. The molecule has 5 heteroatoms. The maximum absolute atomic E-state index is 11.5. The monoisotopic (exact) mass is 200 g/mol. The first-order valence-electron chi connectivity index (χ1n) is 4.52. The molecule has 2 heterocycles. The van der Waals surface area contributed by atoms with Crippen LogP contribution in [-0.2, 0) is 0 Å². The van der Waals surface area contributed by atoms with E-state index in [2.05, 4.69) is 15.2 Å². The van der Waals surface area contributed by atoms with Gasteiger partial charge in [-0.25, -0.2) is 5.10 Å². The molecular formula is C10H8N4O. The van der Waals surface area contributed by atoms with Crippen LogP contribution in [0.3, 0.4) is 0 Å². The molecule has 0 aliphatic carbocycles. The van der Waals surface area contributed by atoms with Crippen molar-refractivity contribution in [3.8, 4) is 0 Å². The zero-order chi connectivity index (χ0) is 10.4. The van der Waals surface area contributed by atoms with Crippen LogP contribution in [-0.4, -0.2) is 15.2 Å². The Morgan fingerprint density at radius 2 is 2.07 bits per heavy atom. The Kier molecular flexibility index (Phi) is 1.39. The largest absolute Gasteiger partial charge is 0.382 e. The molecule has 0 aliphatic rings. The molecule has 74 valence electrons. The van der Waals surface area contributed by atoms with Crippen LogP contribution in [0.25, 0.3) is 21.8 Å². The number of para-hydroxylation sites is 1. The van der Waals surface area contributed by atoms with E-state index < -0.39 is 0 Å². The molecule has 0 saturated carbocycles. The van der Waals surface area contributed by atoms with Crippen LogP contribution in [0, 0.1) is 0 Å². The Bertz CT molecular complexity index is 710. The number of nitrogen functional groups attached to an aromatic ring is 1. The second kappa shape index (κ2) is 2.60. The van der Waals surface area contributed by atoms with Gasteiger partial charge in [0.2, 0.25) is 0 Å². The third kappa shape index (κ3) is 0.969. The molecule has 2 aromatic heterocycles. The molecule has 0 amide bonds. The molecule has 15 heavy (non-hydrogen) atoms. The van der Waals surface area contributed by atoms with E-state index in [0.717, 1.165) is 10.9 Å². The Morgan fingerprint density at radius 3 is 2.93 bits per heavy atom. The molecule has 0 saturated heterocycles. The molecule has 5 nitrogen and oxygen atoms in total. The average Bonchev–Trinajstić information content (AvgIpc) is 2.64. The van der Waals surface area contributed by atoms with E-state index in [1.807, 2.05) is 24.3 Å². The lowest BCUT2D eigenvalue weighted by Crippen LogP contribution is -2.10. The van der Waals surface area contributed by atoms with E-state index in [9.17, 15) is 4.79 Å². The van der Waals surface area contributed by atoms with Gasteiger partial charge in [-0.2, -0.15) is 5.10 Å². The third-order valence-electron chi connectivity index (χ3n) is 2.47. The predicted octanol–water partition coefficient (Wildman–Crippen LogP) is 0.987. The molecule has 0 aliphatic heterocycles. The highest BCUT2D eigenvalue weighted by atomic mass is 16.1. The first kappa shape index (κ1) is 8.05. The highest BCUT2D eigenvalue weighted by molar-refractivity contribution is 6.11. The van der Waals surface area contributed by atoms with Crippen molar-refractivity contribution in [2.24, 2.45) is 0 Å². The van der Waals surface area contributed by atoms with Crippen molar-refractivity contribution in [2.45, 2.75) is 0 Å². The number of nitrogens with zero attached hydrogens (tertiary/aromatic N) is 1. The summed E-state index contributed by atoms with van der Waals surface area (Å²) in [5, 5.41) is 7.70. The molecule has 4 N–H and O–H groups in total. The van der Waals surface area contributed by atoms with Crippen LogP contribution < -0.4 is 11.3 Å². The summed E-state index contributed by atoms with van der Waals surface area (Å²) in [6.07, 6.45) is 0. The number of benzene rings is 1. The Labute approximate surface area is 83.9 Å². The fourth-order valence-corrected chi connectivity index (χ4v) is 1.80. The Balaban J connectivity index is 2.72. The number of H-pyrrole nitrogens is 2. The van der Waals surface area contributed by atoms with Gasteiger partial charge in [-0.15, -0.1) is 0 Å². The molecule has 3 rings (SSSR count). The van der Waals surface area contributed by atoms with Gasteiger partial charge in [0.15, 0.2) is 5.82 Å². The predicted molar refractivity (Wildman–Crippen MR) is 58.6 cm³/mol. The third-order valence-corrected chi connectivity index (χ3v) is 2.47. The van der Waals surface area contributed by atoms with Gasteiger partial charge in [0.1, 0.15) is 5.52 Å². The van der Waals surface area contributed by atoms with Gasteiger partial charge in [-0.05, 0) is 6.07 Å². The zero-order valence-electron chi connectivity index (χ0n) is 7.74. The lowest BCUT2D eigenvalue weighted by Gasteiger charge is -1.93. The molecule has 0 fully saturated rings. The number of aromatic amines is 2. The van der Waals surface area contributed by atoms with E-state index >= 15 is 0 Å². The molecule has 3 aromatic rings. The standard InChI is InChI=1S/C10H8N4O/c11-9-7-5-3-1-2-4-6(5)12-8(7)10(15)14-13-9/h1-4,12H,(H2,11,13)(H,14,15). The van der Waals surface area contributed by atoms with Gasteiger partial charge >= 0.3 is 0 Å². The number of fused-ring (bicyclic) bond motifs is 3. The number of hydrogen-bond donors (Lipinski definition) is 3. The fourth-order valence-electron chi connectivity index (χ4n) is 1.80. The fraction of sp³-hybridized carbons (Fsp3) is 0. The van der Waals surface area contributed by atoms with Crippen molar-refractivity contribution < 1.29 is 0 Å². The number of rotatable bonds is 0. The second-order valence-corrected chi connectivity index (χ2v) is 3.36. The topological polar surface area (TPSA) is 87.6 Å². The Morgan fingerprint density at radius 1 is 1.27 bits per heavy atom. The lowest BCUT2D eigenvalue weighted by atomic mass is 10.2. The summed E-state index contributed by atoms with van der Waals surface area (Å²) in [6, 6.07) is 7.60. The van der Waals surface area contributed by atoms with Crippen molar-refractivity contribution in [3.63, 3.8) is 0 Å². The van der Waals surface area contributed by atoms with Crippen molar-refractivity contribution in [1.82, 2.24) is 15.2 Å². The smallest absolute Gasteiger partial charge is 0.288 e. The van der Waals surface area contributed by atoms with Crippen LogP contribution in [0.4, 0.5) is 5.82 Å². The van der Waals surface area contributed by atoms with E-state index in [1.165, 1.54) is 0 Å². The Hall–Kier alpha value is -2.30. The molecule has 0 bridgehead atoms. The number of hydrogen-bond acceptors (Lipinski definition) is 3. The van der Waals surface area contributed by atoms with Crippen molar-refractivity contribution in [2.75, 3.05) is 5.73 Å². The molecular weight excluding hydrogens is 192 g/mol. The quantitative estimate of drug-likeness (QED) is 0.505.